The normalized spacial score (nSPS) is 17.5. The van der Waals surface area contributed by atoms with Crippen molar-refractivity contribution < 1.29 is 14.3 Å². The molecule has 2 fully saturated rings. The number of hydrogen-bond acceptors (Lipinski definition) is 5. The van der Waals surface area contributed by atoms with E-state index in [0.717, 1.165) is 24.2 Å². The number of hydrogen-bond donors (Lipinski definition) is 1. The van der Waals surface area contributed by atoms with Gasteiger partial charge in [0.15, 0.2) is 0 Å². The van der Waals surface area contributed by atoms with Crippen LogP contribution in [-0.4, -0.2) is 53.7 Å². The molecule has 3 heterocycles. The van der Waals surface area contributed by atoms with E-state index in [0.29, 0.717) is 32.1 Å². The zero-order valence-corrected chi connectivity index (χ0v) is 19.1. The fraction of sp³-hybridized carbons (Fsp3) is 0.480. The van der Waals surface area contributed by atoms with Crippen LogP contribution in [0.2, 0.25) is 0 Å². The monoisotopic (exact) mass is 436 g/mol. The number of nitrogens with one attached hydrogen (secondary N) is 1. The van der Waals surface area contributed by atoms with Crippen molar-refractivity contribution in [2.45, 2.75) is 45.1 Å². The molecule has 1 aromatic heterocycles. The van der Waals surface area contributed by atoms with E-state index >= 15 is 0 Å². The summed E-state index contributed by atoms with van der Waals surface area (Å²) in [6.45, 7) is 8.47. The summed E-state index contributed by atoms with van der Waals surface area (Å²) in [5.74, 6) is 0.475. The van der Waals surface area contributed by atoms with Crippen LogP contribution in [0, 0.1) is 5.92 Å². The van der Waals surface area contributed by atoms with E-state index < -0.39 is 5.60 Å². The van der Waals surface area contributed by atoms with Gasteiger partial charge in [0.2, 0.25) is 5.91 Å². The Morgan fingerprint density at radius 3 is 2.28 bits per heavy atom. The summed E-state index contributed by atoms with van der Waals surface area (Å²) < 4.78 is 5.50. The molecule has 7 heteroatoms. The average molecular weight is 437 g/mol. The van der Waals surface area contributed by atoms with Crippen LogP contribution >= 0.6 is 0 Å². The van der Waals surface area contributed by atoms with Gasteiger partial charge in [-0.1, -0.05) is 12.1 Å². The lowest BCUT2D eigenvalue weighted by Crippen LogP contribution is -2.51. The van der Waals surface area contributed by atoms with Gasteiger partial charge in [0.1, 0.15) is 5.60 Å². The van der Waals surface area contributed by atoms with E-state index in [1.807, 2.05) is 45.0 Å². The second-order valence-corrected chi connectivity index (χ2v) is 9.57. The molecule has 0 unspecified atom stereocenters. The van der Waals surface area contributed by atoms with E-state index in [1.165, 1.54) is 5.56 Å². The highest BCUT2D eigenvalue weighted by molar-refractivity contribution is 6.02. The number of carbonyl (C=O) groups is 2. The van der Waals surface area contributed by atoms with Crippen LogP contribution in [0.15, 0.2) is 48.8 Å². The molecule has 0 bridgehead atoms. The van der Waals surface area contributed by atoms with Crippen LogP contribution in [0.3, 0.4) is 0 Å². The summed E-state index contributed by atoms with van der Waals surface area (Å²) in [6, 6.07) is 12.0. The Hall–Kier alpha value is -2.93. The summed E-state index contributed by atoms with van der Waals surface area (Å²) >= 11 is 0. The second kappa shape index (κ2) is 9.28. The molecule has 0 saturated carbocycles. The Kier molecular flexibility index (Phi) is 6.46. The topological polar surface area (TPSA) is 74.8 Å². The molecule has 2 saturated heterocycles. The average Bonchev–Trinajstić information content (AvgIpc) is 2.73. The molecule has 2 amide bonds. The number of ether oxygens (including phenoxy) is 1. The first-order chi connectivity index (χ1) is 15.3. The molecule has 0 radical (unpaired) electrons. The van der Waals surface area contributed by atoms with Gasteiger partial charge in [0.25, 0.3) is 0 Å². The lowest BCUT2D eigenvalue weighted by atomic mass is 9.89. The Morgan fingerprint density at radius 2 is 1.75 bits per heavy atom. The van der Waals surface area contributed by atoms with Gasteiger partial charge in [0.05, 0.1) is 17.8 Å². The van der Waals surface area contributed by atoms with Gasteiger partial charge in [0, 0.05) is 38.1 Å². The third-order valence-corrected chi connectivity index (χ3v) is 6.02. The molecule has 0 aliphatic carbocycles. The first-order valence-corrected chi connectivity index (χ1v) is 11.3. The van der Waals surface area contributed by atoms with Crippen molar-refractivity contribution in [3.8, 4) is 0 Å². The largest absolute Gasteiger partial charge is 0.444 e. The van der Waals surface area contributed by atoms with Crippen molar-refractivity contribution in [3.05, 3.63) is 54.4 Å². The van der Waals surface area contributed by atoms with Crippen LogP contribution in [0.25, 0.3) is 0 Å². The molecular formula is C25H32N4O3. The maximum absolute atomic E-state index is 13.1. The fourth-order valence-electron chi connectivity index (χ4n) is 4.15. The number of piperidine rings is 1. The number of carbonyl (C=O) groups excluding carboxylic acids is 2. The van der Waals surface area contributed by atoms with Gasteiger partial charge in [-0.15, -0.1) is 0 Å². The third kappa shape index (κ3) is 5.10. The number of pyridine rings is 1. The molecule has 2 aromatic rings. The van der Waals surface area contributed by atoms with Gasteiger partial charge >= 0.3 is 6.09 Å². The van der Waals surface area contributed by atoms with E-state index in [-0.39, 0.29) is 17.9 Å². The predicted molar refractivity (Wildman–Crippen MR) is 124 cm³/mol. The van der Waals surface area contributed by atoms with E-state index in [4.69, 9.17) is 4.74 Å². The van der Waals surface area contributed by atoms with Crippen LogP contribution < -0.4 is 10.2 Å². The van der Waals surface area contributed by atoms with Gasteiger partial charge in [-0.05, 0) is 69.4 Å². The number of likely N-dealkylation sites (tertiary alicyclic amines) is 1. The Morgan fingerprint density at radius 1 is 1.06 bits per heavy atom. The van der Waals surface area contributed by atoms with Crippen LogP contribution in [-0.2, 0) is 9.53 Å². The molecule has 170 valence electrons. The van der Waals surface area contributed by atoms with Crippen LogP contribution in [0.5, 0.6) is 0 Å². The summed E-state index contributed by atoms with van der Waals surface area (Å²) in [6.07, 6.45) is 5.01. The molecular weight excluding hydrogens is 404 g/mol. The molecule has 4 rings (SSSR count). The number of anilines is 2. The quantitative estimate of drug-likeness (QED) is 0.782. The number of amides is 2. The first kappa shape index (κ1) is 22.3. The van der Waals surface area contributed by atoms with E-state index in [1.54, 1.807) is 22.2 Å². The van der Waals surface area contributed by atoms with Gasteiger partial charge in [-0.3, -0.25) is 14.7 Å². The smallest absolute Gasteiger partial charge is 0.410 e. The molecule has 7 nitrogen and oxygen atoms in total. The zero-order chi connectivity index (χ0) is 22.7. The Balaban J connectivity index is 1.44. The molecule has 32 heavy (non-hydrogen) atoms. The van der Waals surface area contributed by atoms with Crippen molar-refractivity contribution in [2.75, 3.05) is 31.1 Å². The minimum atomic E-state index is -0.475. The fourth-order valence-corrected chi connectivity index (χ4v) is 4.15. The third-order valence-electron chi connectivity index (χ3n) is 6.02. The maximum Gasteiger partial charge on any atom is 0.410 e. The minimum Gasteiger partial charge on any atom is -0.444 e. The standard InChI is InChI=1S/C25H32N4O3/c1-25(2,3)32-24(31)28-13-10-19(11-14-28)18-6-8-21(9-7-18)29(22-5-4-12-26-17-22)23(30)20-15-27-16-20/h4-9,12,17,19-20,27H,10-11,13-16H2,1-3H3. The summed E-state index contributed by atoms with van der Waals surface area (Å²) in [5.41, 5.74) is 2.39. The number of rotatable bonds is 4. The molecule has 0 spiro atoms. The van der Waals surface area contributed by atoms with Crippen molar-refractivity contribution in [1.29, 1.82) is 0 Å². The summed E-state index contributed by atoms with van der Waals surface area (Å²) in [4.78, 5) is 33.2. The van der Waals surface area contributed by atoms with E-state index in [2.05, 4.69) is 22.4 Å². The highest BCUT2D eigenvalue weighted by atomic mass is 16.6. The minimum absolute atomic E-state index is 0.00735. The highest BCUT2D eigenvalue weighted by Crippen LogP contribution is 2.32. The highest BCUT2D eigenvalue weighted by Gasteiger charge is 2.32. The zero-order valence-electron chi connectivity index (χ0n) is 19.1. The van der Waals surface area contributed by atoms with E-state index in [9.17, 15) is 9.59 Å². The molecule has 1 N–H and O–H groups in total. The first-order valence-electron chi connectivity index (χ1n) is 11.3. The van der Waals surface area contributed by atoms with Gasteiger partial charge in [-0.25, -0.2) is 4.79 Å². The summed E-state index contributed by atoms with van der Waals surface area (Å²) in [5, 5.41) is 3.18. The van der Waals surface area contributed by atoms with Crippen molar-refractivity contribution >= 4 is 23.4 Å². The summed E-state index contributed by atoms with van der Waals surface area (Å²) in [7, 11) is 0. The lowest BCUT2D eigenvalue weighted by molar-refractivity contribution is -0.123. The molecule has 1 aromatic carbocycles. The van der Waals surface area contributed by atoms with Crippen LogP contribution in [0.1, 0.15) is 45.1 Å². The number of aromatic nitrogens is 1. The number of nitrogens with zero attached hydrogens (tertiary/aromatic N) is 3. The van der Waals surface area contributed by atoms with Crippen LogP contribution in [0.4, 0.5) is 16.2 Å². The van der Waals surface area contributed by atoms with Crippen molar-refractivity contribution in [3.63, 3.8) is 0 Å². The van der Waals surface area contributed by atoms with Gasteiger partial charge < -0.3 is 15.0 Å². The number of benzene rings is 1. The molecule has 2 aliphatic heterocycles. The second-order valence-electron chi connectivity index (χ2n) is 9.57. The molecule has 0 atom stereocenters. The maximum atomic E-state index is 13.1. The predicted octanol–water partition coefficient (Wildman–Crippen LogP) is 4.08. The van der Waals surface area contributed by atoms with Gasteiger partial charge in [-0.2, -0.15) is 0 Å². The lowest BCUT2D eigenvalue weighted by Gasteiger charge is -2.34. The molecule has 2 aliphatic rings. The Labute approximate surface area is 189 Å². The Bertz CT molecular complexity index is 928. The van der Waals surface area contributed by atoms with Crippen molar-refractivity contribution in [2.24, 2.45) is 5.92 Å². The van der Waals surface area contributed by atoms with Crippen molar-refractivity contribution in [1.82, 2.24) is 15.2 Å². The SMILES string of the molecule is CC(C)(C)OC(=O)N1CCC(c2ccc(N(C(=O)C3CNC3)c3cccnc3)cc2)CC1.